The molecule has 2 rings (SSSR count). The van der Waals surface area contributed by atoms with Gasteiger partial charge in [0.15, 0.2) is 6.10 Å². The SMILES string of the molecule is CC[C@H](Oc1cccc2ccccc12)C(=O)NC(C)(C)C. The Morgan fingerprint density at radius 1 is 1.14 bits per heavy atom. The number of carbonyl (C=O) groups excluding carboxylic acids is 1. The second-order valence-corrected chi connectivity index (χ2v) is 6.23. The molecule has 1 N–H and O–H groups in total. The summed E-state index contributed by atoms with van der Waals surface area (Å²) >= 11 is 0. The molecule has 0 saturated carbocycles. The van der Waals surface area contributed by atoms with Crippen molar-refractivity contribution in [3.8, 4) is 5.75 Å². The van der Waals surface area contributed by atoms with Gasteiger partial charge in [-0.15, -0.1) is 0 Å². The van der Waals surface area contributed by atoms with E-state index in [1.807, 2.05) is 70.2 Å². The second kappa shape index (κ2) is 6.17. The van der Waals surface area contributed by atoms with E-state index in [0.717, 1.165) is 16.5 Å². The Bertz CT molecular complexity index is 623. The number of ether oxygens (including phenoxy) is 1. The lowest BCUT2D eigenvalue weighted by Crippen LogP contribution is -2.47. The van der Waals surface area contributed by atoms with Crippen molar-refractivity contribution in [2.24, 2.45) is 0 Å². The Hall–Kier alpha value is -2.03. The minimum absolute atomic E-state index is 0.0714. The molecule has 21 heavy (non-hydrogen) atoms. The summed E-state index contributed by atoms with van der Waals surface area (Å²) in [5, 5.41) is 5.12. The largest absolute Gasteiger partial charge is 0.480 e. The third-order valence-corrected chi connectivity index (χ3v) is 3.18. The van der Waals surface area contributed by atoms with Crippen molar-refractivity contribution in [2.75, 3.05) is 0 Å². The third-order valence-electron chi connectivity index (χ3n) is 3.18. The van der Waals surface area contributed by atoms with E-state index in [9.17, 15) is 4.79 Å². The first-order valence-corrected chi connectivity index (χ1v) is 7.37. The van der Waals surface area contributed by atoms with Crippen molar-refractivity contribution in [3.63, 3.8) is 0 Å². The van der Waals surface area contributed by atoms with Crippen molar-refractivity contribution in [2.45, 2.75) is 45.8 Å². The van der Waals surface area contributed by atoms with E-state index < -0.39 is 6.10 Å². The van der Waals surface area contributed by atoms with Gasteiger partial charge < -0.3 is 10.1 Å². The molecule has 0 aliphatic rings. The van der Waals surface area contributed by atoms with Crippen LogP contribution in [0.1, 0.15) is 34.1 Å². The van der Waals surface area contributed by atoms with E-state index in [0.29, 0.717) is 6.42 Å². The standard InChI is InChI=1S/C18H23NO2/c1-5-15(17(20)19-18(2,3)4)21-16-12-8-10-13-9-6-7-11-14(13)16/h6-12,15H,5H2,1-4H3,(H,19,20)/t15-/m0/s1. The fraction of sp³-hybridized carbons (Fsp3) is 0.389. The van der Waals surface area contributed by atoms with Gasteiger partial charge in [0.1, 0.15) is 5.75 Å². The highest BCUT2D eigenvalue weighted by Crippen LogP contribution is 2.26. The topological polar surface area (TPSA) is 38.3 Å². The summed E-state index contributed by atoms with van der Waals surface area (Å²) in [7, 11) is 0. The number of rotatable bonds is 4. The second-order valence-electron chi connectivity index (χ2n) is 6.23. The first-order valence-electron chi connectivity index (χ1n) is 7.37. The van der Waals surface area contributed by atoms with Crippen molar-refractivity contribution in [3.05, 3.63) is 42.5 Å². The van der Waals surface area contributed by atoms with E-state index in [1.165, 1.54) is 0 Å². The van der Waals surface area contributed by atoms with Crippen LogP contribution < -0.4 is 10.1 Å². The highest BCUT2D eigenvalue weighted by Gasteiger charge is 2.23. The minimum atomic E-state index is -0.477. The number of amides is 1. The van der Waals surface area contributed by atoms with Crippen molar-refractivity contribution in [1.82, 2.24) is 5.32 Å². The van der Waals surface area contributed by atoms with Crippen LogP contribution in [0, 0.1) is 0 Å². The molecule has 3 heteroatoms. The first-order chi connectivity index (χ1) is 9.90. The smallest absolute Gasteiger partial charge is 0.261 e. The molecule has 0 radical (unpaired) electrons. The molecule has 0 unspecified atom stereocenters. The van der Waals surface area contributed by atoms with Crippen LogP contribution in [0.3, 0.4) is 0 Å². The predicted octanol–water partition coefficient (Wildman–Crippen LogP) is 3.91. The maximum absolute atomic E-state index is 12.3. The molecular weight excluding hydrogens is 262 g/mol. The lowest BCUT2D eigenvalue weighted by atomic mass is 10.1. The molecule has 0 spiro atoms. The fourth-order valence-corrected chi connectivity index (χ4v) is 2.22. The van der Waals surface area contributed by atoms with Crippen LogP contribution in [0.15, 0.2) is 42.5 Å². The average molecular weight is 285 g/mol. The number of hydrogen-bond donors (Lipinski definition) is 1. The van der Waals surface area contributed by atoms with E-state index in [1.54, 1.807) is 0 Å². The van der Waals surface area contributed by atoms with Gasteiger partial charge in [0.05, 0.1) is 0 Å². The van der Waals surface area contributed by atoms with Gasteiger partial charge in [-0.1, -0.05) is 43.3 Å². The van der Waals surface area contributed by atoms with Gasteiger partial charge >= 0.3 is 0 Å². The highest BCUT2D eigenvalue weighted by molar-refractivity contribution is 5.89. The van der Waals surface area contributed by atoms with Gasteiger partial charge in [0.2, 0.25) is 0 Å². The molecule has 2 aromatic carbocycles. The van der Waals surface area contributed by atoms with E-state index in [4.69, 9.17) is 4.74 Å². The number of fused-ring (bicyclic) bond motifs is 1. The quantitative estimate of drug-likeness (QED) is 0.925. The maximum Gasteiger partial charge on any atom is 0.261 e. The van der Waals surface area contributed by atoms with Crippen molar-refractivity contribution < 1.29 is 9.53 Å². The van der Waals surface area contributed by atoms with E-state index in [2.05, 4.69) is 5.32 Å². The average Bonchev–Trinajstić information content (AvgIpc) is 2.42. The van der Waals surface area contributed by atoms with Crippen LogP contribution >= 0.6 is 0 Å². The number of carbonyl (C=O) groups is 1. The fourth-order valence-electron chi connectivity index (χ4n) is 2.22. The van der Waals surface area contributed by atoms with Crippen LogP contribution in [0.4, 0.5) is 0 Å². The number of hydrogen-bond acceptors (Lipinski definition) is 2. The lowest BCUT2D eigenvalue weighted by molar-refractivity contribution is -0.129. The molecule has 1 atom stereocenters. The van der Waals surface area contributed by atoms with Crippen LogP contribution in [-0.2, 0) is 4.79 Å². The Balaban J connectivity index is 2.23. The minimum Gasteiger partial charge on any atom is -0.480 e. The van der Waals surface area contributed by atoms with Gasteiger partial charge in [0, 0.05) is 10.9 Å². The molecule has 0 fully saturated rings. The first kappa shape index (κ1) is 15.4. The lowest BCUT2D eigenvalue weighted by Gasteiger charge is -2.25. The number of nitrogens with one attached hydrogen (secondary N) is 1. The number of benzene rings is 2. The molecule has 0 aliphatic heterocycles. The molecule has 3 nitrogen and oxygen atoms in total. The Morgan fingerprint density at radius 2 is 1.81 bits per heavy atom. The zero-order chi connectivity index (χ0) is 15.5. The molecule has 0 bridgehead atoms. The normalized spacial score (nSPS) is 13.0. The molecule has 0 heterocycles. The van der Waals surface area contributed by atoms with Gasteiger partial charge in [-0.2, -0.15) is 0 Å². The zero-order valence-corrected chi connectivity index (χ0v) is 13.1. The Kier molecular flexibility index (Phi) is 4.51. The summed E-state index contributed by atoms with van der Waals surface area (Å²) in [6.45, 7) is 7.86. The zero-order valence-electron chi connectivity index (χ0n) is 13.1. The monoisotopic (exact) mass is 285 g/mol. The van der Waals surface area contributed by atoms with Gasteiger partial charge in [0.25, 0.3) is 5.91 Å². The van der Waals surface area contributed by atoms with Crippen LogP contribution in [0.25, 0.3) is 10.8 Å². The summed E-state index contributed by atoms with van der Waals surface area (Å²) < 4.78 is 5.97. The third kappa shape index (κ3) is 3.97. The summed E-state index contributed by atoms with van der Waals surface area (Å²) in [6.07, 6.45) is 0.153. The highest BCUT2D eigenvalue weighted by atomic mass is 16.5. The van der Waals surface area contributed by atoms with Gasteiger partial charge in [-0.05, 0) is 38.6 Å². The molecular formula is C18H23NO2. The summed E-state index contributed by atoms with van der Waals surface area (Å²) in [5.74, 6) is 0.682. The van der Waals surface area contributed by atoms with Crippen LogP contribution in [0.2, 0.25) is 0 Å². The summed E-state index contributed by atoms with van der Waals surface area (Å²) in [5.41, 5.74) is -0.257. The van der Waals surface area contributed by atoms with Crippen molar-refractivity contribution >= 4 is 16.7 Å². The Labute approximate surface area is 126 Å². The molecule has 2 aromatic rings. The summed E-state index contributed by atoms with van der Waals surface area (Å²) in [4.78, 5) is 12.3. The summed E-state index contributed by atoms with van der Waals surface area (Å²) in [6, 6.07) is 13.9. The predicted molar refractivity (Wildman–Crippen MR) is 86.6 cm³/mol. The molecule has 1 amide bonds. The molecule has 0 aromatic heterocycles. The van der Waals surface area contributed by atoms with Crippen LogP contribution in [-0.4, -0.2) is 17.6 Å². The van der Waals surface area contributed by atoms with E-state index in [-0.39, 0.29) is 11.4 Å². The van der Waals surface area contributed by atoms with E-state index >= 15 is 0 Å². The Morgan fingerprint density at radius 3 is 2.48 bits per heavy atom. The van der Waals surface area contributed by atoms with Gasteiger partial charge in [-0.25, -0.2) is 0 Å². The molecule has 0 saturated heterocycles. The molecule has 112 valence electrons. The van der Waals surface area contributed by atoms with Gasteiger partial charge in [-0.3, -0.25) is 4.79 Å². The van der Waals surface area contributed by atoms with Crippen molar-refractivity contribution in [1.29, 1.82) is 0 Å². The maximum atomic E-state index is 12.3. The molecule has 0 aliphatic carbocycles. The van der Waals surface area contributed by atoms with Crippen LogP contribution in [0.5, 0.6) is 5.75 Å².